The minimum Gasteiger partial charge on any atom is -0.399 e. The molecule has 0 aliphatic heterocycles. The van der Waals surface area contributed by atoms with E-state index >= 15 is 0 Å². The Hall–Kier alpha value is -3.64. The number of rotatable bonds is 8. The van der Waals surface area contributed by atoms with Crippen molar-refractivity contribution in [3.05, 3.63) is 98.6 Å². The van der Waals surface area contributed by atoms with E-state index in [0.717, 1.165) is 22.3 Å². The molecular formula is C23H24N3O5P. The number of nitrogens with zero attached hydrogens (tertiary/aromatic N) is 2. The van der Waals surface area contributed by atoms with Crippen LogP contribution in [0, 0.1) is 37.8 Å². The van der Waals surface area contributed by atoms with Gasteiger partial charge in [-0.1, -0.05) is 24.3 Å². The van der Waals surface area contributed by atoms with E-state index in [0.29, 0.717) is 17.1 Å². The van der Waals surface area contributed by atoms with E-state index in [-0.39, 0.29) is 5.69 Å². The molecule has 166 valence electrons. The molecule has 1 N–H and O–H groups in total. The molecule has 0 amide bonds. The molecule has 0 fully saturated rings. The Kier molecular flexibility index (Phi) is 6.95. The van der Waals surface area contributed by atoms with Crippen LogP contribution in [0.5, 0.6) is 11.5 Å². The molecule has 0 atom stereocenters. The third-order valence-corrected chi connectivity index (χ3v) is 6.28. The van der Waals surface area contributed by atoms with E-state index in [1.165, 1.54) is 30.5 Å². The van der Waals surface area contributed by atoms with Crippen molar-refractivity contribution >= 4 is 19.6 Å². The van der Waals surface area contributed by atoms with Crippen LogP contribution in [0.4, 0.5) is 5.69 Å². The fourth-order valence-electron chi connectivity index (χ4n) is 2.82. The van der Waals surface area contributed by atoms with Crippen LogP contribution in [0.2, 0.25) is 0 Å². The maximum absolute atomic E-state index is 13.7. The molecule has 9 heteroatoms. The number of benzene rings is 3. The Bertz CT molecular complexity index is 1150. The molecule has 3 aromatic carbocycles. The smallest absolute Gasteiger partial charge is 0.399 e. The van der Waals surface area contributed by atoms with Crippen LogP contribution >= 0.6 is 7.75 Å². The molecule has 0 radical (unpaired) electrons. The summed E-state index contributed by atoms with van der Waals surface area (Å²) in [6.45, 7) is 7.60. The number of hydrogen-bond donors (Lipinski definition) is 1. The van der Waals surface area contributed by atoms with Gasteiger partial charge in [-0.2, -0.15) is 10.3 Å². The lowest BCUT2D eigenvalue weighted by atomic mass is 10.1. The highest BCUT2D eigenvalue weighted by atomic mass is 31.2. The van der Waals surface area contributed by atoms with Gasteiger partial charge in [-0.3, -0.25) is 10.1 Å². The van der Waals surface area contributed by atoms with Gasteiger partial charge >= 0.3 is 7.75 Å². The zero-order chi connectivity index (χ0) is 23.3. The van der Waals surface area contributed by atoms with Crippen molar-refractivity contribution in [2.24, 2.45) is 5.10 Å². The summed E-state index contributed by atoms with van der Waals surface area (Å²) in [5.41, 5.74) is 4.17. The quantitative estimate of drug-likeness (QED) is 0.194. The minimum absolute atomic E-state index is 0.0303. The average Bonchev–Trinajstić information content (AvgIpc) is 2.75. The third-order valence-electron chi connectivity index (χ3n) is 5.04. The van der Waals surface area contributed by atoms with Crippen LogP contribution in [0.1, 0.15) is 27.8 Å². The number of hydrogen-bond acceptors (Lipinski definition) is 6. The molecule has 0 heterocycles. The van der Waals surface area contributed by atoms with Gasteiger partial charge in [-0.05, 0) is 79.8 Å². The maximum atomic E-state index is 13.7. The van der Waals surface area contributed by atoms with Crippen molar-refractivity contribution in [3.63, 3.8) is 0 Å². The first-order valence-corrected chi connectivity index (χ1v) is 11.4. The van der Waals surface area contributed by atoms with Crippen molar-refractivity contribution in [1.82, 2.24) is 5.20 Å². The zero-order valence-corrected chi connectivity index (χ0v) is 19.1. The summed E-state index contributed by atoms with van der Waals surface area (Å²) < 4.78 is 25.3. The Balaban J connectivity index is 1.88. The summed E-state index contributed by atoms with van der Waals surface area (Å²) in [5, 5.41) is 17.3. The van der Waals surface area contributed by atoms with Gasteiger partial charge in [0.25, 0.3) is 5.69 Å². The predicted octanol–water partition coefficient (Wildman–Crippen LogP) is 6.02. The van der Waals surface area contributed by atoms with Crippen LogP contribution in [-0.4, -0.2) is 11.1 Å². The molecule has 8 nitrogen and oxygen atoms in total. The Labute approximate surface area is 186 Å². The second-order valence-electron chi connectivity index (χ2n) is 7.28. The fraction of sp³-hybridized carbons (Fsp3) is 0.174. The van der Waals surface area contributed by atoms with Gasteiger partial charge in [0, 0.05) is 12.1 Å². The number of nitro benzene ring substituents is 1. The van der Waals surface area contributed by atoms with E-state index in [9.17, 15) is 14.7 Å². The molecule has 0 unspecified atom stereocenters. The number of aryl methyl sites for hydroxylation is 2. The summed E-state index contributed by atoms with van der Waals surface area (Å²) in [7, 11) is -3.98. The van der Waals surface area contributed by atoms with Gasteiger partial charge < -0.3 is 9.05 Å². The van der Waals surface area contributed by atoms with Crippen molar-refractivity contribution in [2.75, 3.05) is 0 Å². The lowest BCUT2D eigenvalue weighted by Gasteiger charge is -2.21. The van der Waals surface area contributed by atoms with E-state index in [1.54, 1.807) is 24.3 Å². The van der Waals surface area contributed by atoms with E-state index in [1.807, 2.05) is 39.8 Å². The second-order valence-corrected chi connectivity index (χ2v) is 8.84. The topological polar surface area (TPSA) is 103 Å². The molecule has 0 spiro atoms. The summed E-state index contributed by atoms with van der Waals surface area (Å²) in [5.74, 6) is 0.827. The highest BCUT2D eigenvalue weighted by Gasteiger charge is 2.30. The summed E-state index contributed by atoms with van der Waals surface area (Å²) >= 11 is 0. The highest BCUT2D eigenvalue weighted by Crippen LogP contribution is 2.47. The van der Waals surface area contributed by atoms with Crippen molar-refractivity contribution in [2.45, 2.75) is 27.7 Å². The fourth-order valence-corrected chi connectivity index (χ4v) is 4.05. The van der Waals surface area contributed by atoms with Crippen LogP contribution in [0.25, 0.3) is 0 Å². The normalized spacial score (nSPS) is 11.4. The summed E-state index contributed by atoms with van der Waals surface area (Å²) in [4.78, 5) is 10.3. The highest BCUT2D eigenvalue weighted by molar-refractivity contribution is 7.52. The number of hydrazone groups is 1. The monoisotopic (exact) mass is 453 g/mol. The van der Waals surface area contributed by atoms with Crippen molar-refractivity contribution in [3.8, 4) is 11.5 Å². The largest absolute Gasteiger partial charge is 0.557 e. The molecule has 0 saturated carbocycles. The van der Waals surface area contributed by atoms with Crippen LogP contribution in [-0.2, 0) is 4.57 Å². The van der Waals surface area contributed by atoms with Gasteiger partial charge in [-0.15, -0.1) is 0 Å². The Morgan fingerprint density at radius 2 is 1.38 bits per heavy atom. The summed E-state index contributed by atoms with van der Waals surface area (Å²) in [6, 6.07) is 16.7. The first-order chi connectivity index (χ1) is 15.2. The standard InChI is InChI=1S/C23H24N3O5P/c1-16-7-5-9-22(18(16)3)30-32(29,31-23-10-6-8-17(2)19(23)4)25-24-15-20-11-13-21(14-12-20)26(27)28/h5-15H,1-4H3,(H,25,29)/b24-15+. The van der Waals surface area contributed by atoms with E-state index in [2.05, 4.69) is 10.3 Å². The minimum atomic E-state index is -3.98. The molecule has 0 aliphatic carbocycles. The number of non-ortho nitro benzene ring substituents is 1. The SMILES string of the molecule is Cc1cccc(OP(=O)(N/N=C/c2ccc([N+](=O)[O-])cc2)Oc2cccc(C)c2C)c1C. The zero-order valence-electron chi connectivity index (χ0n) is 18.2. The lowest BCUT2D eigenvalue weighted by Crippen LogP contribution is -2.15. The Morgan fingerprint density at radius 1 is 0.875 bits per heavy atom. The van der Waals surface area contributed by atoms with Gasteiger partial charge in [0.15, 0.2) is 0 Å². The first-order valence-electron chi connectivity index (χ1n) is 9.85. The van der Waals surface area contributed by atoms with Crippen LogP contribution < -0.4 is 14.2 Å². The molecule has 0 aliphatic rings. The first kappa shape index (κ1) is 23.0. The predicted molar refractivity (Wildman–Crippen MR) is 125 cm³/mol. The van der Waals surface area contributed by atoms with E-state index in [4.69, 9.17) is 9.05 Å². The van der Waals surface area contributed by atoms with Gasteiger partial charge in [0.1, 0.15) is 11.5 Å². The maximum Gasteiger partial charge on any atom is 0.557 e. The van der Waals surface area contributed by atoms with E-state index < -0.39 is 12.7 Å². The average molecular weight is 453 g/mol. The molecular weight excluding hydrogens is 429 g/mol. The molecule has 0 bridgehead atoms. The Morgan fingerprint density at radius 3 is 1.84 bits per heavy atom. The molecule has 0 saturated heterocycles. The van der Waals surface area contributed by atoms with Crippen molar-refractivity contribution in [1.29, 1.82) is 0 Å². The molecule has 32 heavy (non-hydrogen) atoms. The van der Waals surface area contributed by atoms with Gasteiger partial charge in [-0.25, -0.2) is 4.57 Å². The number of nitrogens with one attached hydrogen (secondary N) is 1. The van der Waals surface area contributed by atoms with Gasteiger partial charge in [0.05, 0.1) is 11.1 Å². The second kappa shape index (κ2) is 9.66. The third kappa shape index (κ3) is 5.53. The van der Waals surface area contributed by atoms with Crippen molar-refractivity contribution < 1.29 is 18.5 Å². The lowest BCUT2D eigenvalue weighted by molar-refractivity contribution is -0.384. The van der Waals surface area contributed by atoms with Crippen LogP contribution in [0.15, 0.2) is 65.8 Å². The molecule has 0 aromatic heterocycles. The van der Waals surface area contributed by atoms with Crippen LogP contribution in [0.3, 0.4) is 0 Å². The number of nitro groups is 1. The van der Waals surface area contributed by atoms with Gasteiger partial charge in [0.2, 0.25) is 0 Å². The molecule has 3 aromatic rings. The summed E-state index contributed by atoms with van der Waals surface area (Å²) in [6.07, 6.45) is 1.38. The molecule has 3 rings (SSSR count).